The van der Waals surface area contributed by atoms with E-state index in [9.17, 15) is 0 Å². The third kappa shape index (κ3) is 4.15. The van der Waals surface area contributed by atoms with E-state index in [1.165, 1.54) is 25.7 Å². The van der Waals surface area contributed by atoms with Crippen molar-refractivity contribution in [2.45, 2.75) is 55.8 Å². The fourth-order valence-corrected chi connectivity index (χ4v) is 3.40. The molecular formula is C12H22N4O2S. The quantitative estimate of drug-likeness (QED) is 0.745. The van der Waals surface area contributed by atoms with Gasteiger partial charge in [0.05, 0.1) is 6.54 Å². The van der Waals surface area contributed by atoms with E-state index in [4.69, 9.17) is 9.47 Å². The topological polar surface area (TPSA) is 62.1 Å². The second-order valence-electron chi connectivity index (χ2n) is 5.04. The zero-order valence-electron chi connectivity index (χ0n) is 11.8. The summed E-state index contributed by atoms with van der Waals surface area (Å²) in [6.07, 6.45) is 4.79. The van der Waals surface area contributed by atoms with Crippen LogP contribution in [0.15, 0.2) is 5.16 Å². The first-order valence-electron chi connectivity index (χ1n) is 6.71. The Balaban J connectivity index is 1.92. The molecule has 19 heavy (non-hydrogen) atoms. The lowest BCUT2D eigenvalue weighted by atomic mass is 9.91. The van der Waals surface area contributed by atoms with Gasteiger partial charge in [0.25, 0.3) is 0 Å². The Kier molecular flexibility index (Phi) is 5.59. The molecule has 0 bridgehead atoms. The maximum absolute atomic E-state index is 5.18. The van der Waals surface area contributed by atoms with Crippen molar-refractivity contribution in [3.63, 3.8) is 0 Å². The SMILES string of the molecule is COC(Cn1nnnc1SC1CCC(C)CC1)OC. The first-order valence-corrected chi connectivity index (χ1v) is 7.59. The number of rotatable bonds is 6. The van der Waals surface area contributed by atoms with Gasteiger partial charge < -0.3 is 9.47 Å². The molecule has 0 radical (unpaired) electrons. The molecular weight excluding hydrogens is 264 g/mol. The van der Waals surface area contributed by atoms with E-state index in [2.05, 4.69) is 22.4 Å². The van der Waals surface area contributed by atoms with Gasteiger partial charge in [0, 0.05) is 19.5 Å². The second-order valence-corrected chi connectivity index (χ2v) is 6.31. The van der Waals surface area contributed by atoms with Gasteiger partial charge in [0.2, 0.25) is 5.16 Å². The molecule has 1 aromatic rings. The summed E-state index contributed by atoms with van der Waals surface area (Å²) in [4.78, 5) is 0. The van der Waals surface area contributed by atoms with Crippen molar-refractivity contribution in [2.75, 3.05) is 14.2 Å². The van der Waals surface area contributed by atoms with Gasteiger partial charge in [-0.2, -0.15) is 0 Å². The molecule has 1 heterocycles. The van der Waals surface area contributed by atoms with Crippen LogP contribution in [0.1, 0.15) is 32.6 Å². The summed E-state index contributed by atoms with van der Waals surface area (Å²) in [5.41, 5.74) is 0. The second kappa shape index (κ2) is 7.21. The van der Waals surface area contributed by atoms with E-state index in [1.54, 1.807) is 30.7 Å². The molecule has 0 amide bonds. The predicted molar refractivity (Wildman–Crippen MR) is 72.9 cm³/mol. The highest BCUT2D eigenvalue weighted by Crippen LogP contribution is 2.34. The van der Waals surface area contributed by atoms with Crippen molar-refractivity contribution < 1.29 is 9.47 Å². The van der Waals surface area contributed by atoms with E-state index in [0.717, 1.165) is 11.1 Å². The number of nitrogens with zero attached hydrogens (tertiary/aromatic N) is 4. The zero-order valence-corrected chi connectivity index (χ0v) is 12.6. The lowest BCUT2D eigenvalue weighted by molar-refractivity contribution is -0.113. The molecule has 0 atom stereocenters. The summed E-state index contributed by atoms with van der Waals surface area (Å²) in [5.74, 6) is 0.860. The average molecular weight is 286 g/mol. The van der Waals surface area contributed by atoms with Gasteiger partial charge in [-0.3, -0.25) is 0 Å². The standard InChI is InChI=1S/C12H22N4O2S/c1-9-4-6-10(7-5-9)19-12-13-14-15-16(12)8-11(17-2)18-3/h9-11H,4-8H2,1-3H3. The molecule has 0 spiro atoms. The molecule has 0 N–H and O–H groups in total. The molecule has 1 aliphatic rings. The fraction of sp³-hybridized carbons (Fsp3) is 0.917. The first kappa shape index (κ1) is 14.7. The van der Waals surface area contributed by atoms with Crippen LogP contribution in [0.25, 0.3) is 0 Å². The van der Waals surface area contributed by atoms with Crippen LogP contribution in [0.2, 0.25) is 0 Å². The Hall–Kier alpha value is -0.660. The average Bonchev–Trinajstić information content (AvgIpc) is 2.86. The first-order chi connectivity index (χ1) is 9.22. The third-order valence-electron chi connectivity index (χ3n) is 3.58. The van der Waals surface area contributed by atoms with Crippen LogP contribution in [-0.2, 0) is 16.0 Å². The van der Waals surface area contributed by atoms with Gasteiger partial charge in [0.15, 0.2) is 6.29 Å². The number of ether oxygens (including phenoxy) is 2. The summed E-state index contributed by atoms with van der Waals surface area (Å²) in [5, 5.41) is 13.4. The van der Waals surface area contributed by atoms with Crippen molar-refractivity contribution in [1.29, 1.82) is 0 Å². The van der Waals surface area contributed by atoms with Crippen LogP contribution < -0.4 is 0 Å². The normalized spacial score (nSPS) is 24.0. The molecule has 1 aromatic heterocycles. The molecule has 1 fully saturated rings. The zero-order chi connectivity index (χ0) is 13.7. The van der Waals surface area contributed by atoms with E-state index < -0.39 is 0 Å². The summed E-state index contributed by atoms with van der Waals surface area (Å²) in [6.45, 7) is 2.85. The van der Waals surface area contributed by atoms with E-state index in [0.29, 0.717) is 11.8 Å². The fourth-order valence-electron chi connectivity index (χ4n) is 2.28. The van der Waals surface area contributed by atoms with Crippen molar-refractivity contribution in [1.82, 2.24) is 20.2 Å². The van der Waals surface area contributed by atoms with Gasteiger partial charge in [-0.05, 0) is 42.0 Å². The minimum atomic E-state index is -0.311. The summed E-state index contributed by atoms with van der Waals surface area (Å²) >= 11 is 1.78. The maximum Gasteiger partial charge on any atom is 0.209 e. The Morgan fingerprint density at radius 2 is 1.95 bits per heavy atom. The van der Waals surface area contributed by atoms with Crippen LogP contribution in [0, 0.1) is 5.92 Å². The third-order valence-corrected chi connectivity index (χ3v) is 4.89. The minimum absolute atomic E-state index is 0.311. The summed E-state index contributed by atoms with van der Waals surface area (Å²) < 4.78 is 12.1. The lowest BCUT2D eigenvalue weighted by Crippen LogP contribution is -2.22. The van der Waals surface area contributed by atoms with E-state index in [1.807, 2.05) is 0 Å². The smallest absolute Gasteiger partial charge is 0.209 e. The largest absolute Gasteiger partial charge is 0.354 e. The van der Waals surface area contributed by atoms with Crippen LogP contribution >= 0.6 is 11.8 Å². The molecule has 6 nitrogen and oxygen atoms in total. The van der Waals surface area contributed by atoms with Crippen molar-refractivity contribution in [3.8, 4) is 0 Å². The summed E-state index contributed by atoms with van der Waals surface area (Å²) in [7, 11) is 3.24. The van der Waals surface area contributed by atoms with Crippen LogP contribution in [0.5, 0.6) is 0 Å². The molecule has 108 valence electrons. The van der Waals surface area contributed by atoms with Crippen molar-refractivity contribution in [3.05, 3.63) is 0 Å². The Labute approximate surface area is 118 Å². The molecule has 2 rings (SSSR count). The van der Waals surface area contributed by atoms with Crippen LogP contribution in [0.3, 0.4) is 0 Å². The van der Waals surface area contributed by atoms with Gasteiger partial charge in [-0.25, -0.2) is 4.68 Å². The predicted octanol–water partition coefficient (Wildman–Crippen LogP) is 1.96. The molecule has 1 aliphatic carbocycles. The molecule has 1 saturated carbocycles. The summed E-state index contributed by atoms with van der Waals surface area (Å²) in [6, 6.07) is 0. The Bertz CT molecular complexity index is 376. The molecule has 0 aromatic carbocycles. The monoisotopic (exact) mass is 286 g/mol. The Morgan fingerprint density at radius 1 is 1.26 bits per heavy atom. The van der Waals surface area contributed by atoms with Crippen LogP contribution in [-0.4, -0.2) is 46.0 Å². The number of methoxy groups -OCH3 is 2. The van der Waals surface area contributed by atoms with Gasteiger partial charge in [-0.15, -0.1) is 5.10 Å². The Morgan fingerprint density at radius 3 is 2.58 bits per heavy atom. The molecule has 7 heteroatoms. The van der Waals surface area contributed by atoms with Gasteiger partial charge >= 0.3 is 0 Å². The number of thioether (sulfide) groups is 1. The highest BCUT2D eigenvalue weighted by Gasteiger charge is 2.22. The van der Waals surface area contributed by atoms with Crippen molar-refractivity contribution in [2.24, 2.45) is 5.92 Å². The number of aromatic nitrogens is 4. The lowest BCUT2D eigenvalue weighted by Gasteiger charge is -2.25. The number of tetrazole rings is 1. The van der Waals surface area contributed by atoms with Gasteiger partial charge in [0.1, 0.15) is 0 Å². The van der Waals surface area contributed by atoms with E-state index in [-0.39, 0.29) is 6.29 Å². The minimum Gasteiger partial charge on any atom is -0.354 e. The maximum atomic E-state index is 5.18. The molecule has 0 saturated heterocycles. The number of hydrogen-bond acceptors (Lipinski definition) is 6. The van der Waals surface area contributed by atoms with Gasteiger partial charge in [-0.1, -0.05) is 18.7 Å². The van der Waals surface area contributed by atoms with E-state index >= 15 is 0 Å². The van der Waals surface area contributed by atoms with Crippen LogP contribution in [0.4, 0.5) is 0 Å². The molecule has 0 unspecified atom stereocenters. The molecule has 0 aliphatic heterocycles. The number of hydrogen-bond donors (Lipinski definition) is 0. The highest BCUT2D eigenvalue weighted by atomic mass is 32.2. The van der Waals surface area contributed by atoms with Crippen molar-refractivity contribution >= 4 is 11.8 Å². The highest BCUT2D eigenvalue weighted by molar-refractivity contribution is 7.99.